The average molecular weight is 318 g/mol. The van der Waals surface area contributed by atoms with E-state index in [2.05, 4.69) is 28.2 Å². The van der Waals surface area contributed by atoms with Crippen LogP contribution in [-0.2, 0) is 11.2 Å². The molecule has 0 aliphatic carbocycles. The first-order valence-electron chi connectivity index (χ1n) is 6.28. The first-order valence-corrected chi connectivity index (χ1v) is 7.07. The molecule has 4 heteroatoms. The van der Waals surface area contributed by atoms with Crippen molar-refractivity contribution >= 4 is 15.9 Å². The standard InChI is InChI=1S/C14H21BrFNO/c1-4-7-17-14(10(2)18-3)8-11-5-6-12(15)9-13(11)16/h5-6,9-10,14,17H,4,7-8H2,1-3H3. The van der Waals surface area contributed by atoms with Crippen molar-refractivity contribution in [1.82, 2.24) is 5.32 Å². The Labute approximate surface area is 117 Å². The number of nitrogens with one attached hydrogen (secondary N) is 1. The van der Waals surface area contributed by atoms with Crippen LogP contribution in [0.2, 0.25) is 0 Å². The van der Waals surface area contributed by atoms with Crippen molar-refractivity contribution in [2.24, 2.45) is 0 Å². The molecule has 0 amide bonds. The monoisotopic (exact) mass is 317 g/mol. The van der Waals surface area contributed by atoms with E-state index in [0.29, 0.717) is 6.42 Å². The van der Waals surface area contributed by atoms with Gasteiger partial charge in [0.2, 0.25) is 0 Å². The number of benzene rings is 1. The summed E-state index contributed by atoms with van der Waals surface area (Å²) in [6, 6.07) is 5.32. The van der Waals surface area contributed by atoms with Gasteiger partial charge in [0, 0.05) is 17.6 Å². The zero-order chi connectivity index (χ0) is 13.5. The number of methoxy groups -OCH3 is 1. The van der Waals surface area contributed by atoms with Crippen molar-refractivity contribution in [3.63, 3.8) is 0 Å². The van der Waals surface area contributed by atoms with Gasteiger partial charge in [-0.15, -0.1) is 0 Å². The van der Waals surface area contributed by atoms with Gasteiger partial charge in [0.05, 0.1) is 6.10 Å². The molecule has 0 aliphatic heterocycles. The van der Waals surface area contributed by atoms with Crippen molar-refractivity contribution in [3.05, 3.63) is 34.1 Å². The SMILES string of the molecule is CCCNC(Cc1ccc(Br)cc1F)C(C)OC. The molecule has 1 N–H and O–H groups in total. The summed E-state index contributed by atoms with van der Waals surface area (Å²) in [7, 11) is 1.68. The summed E-state index contributed by atoms with van der Waals surface area (Å²) in [6.07, 6.45) is 1.74. The lowest BCUT2D eigenvalue weighted by Gasteiger charge is -2.24. The Morgan fingerprint density at radius 2 is 2.17 bits per heavy atom. The maximum atomic E-state index is 13.8. The maximum Gasteiger partial charge on any atom is 0.127 e. The lowest BCUT2D eigenvalue weighted by Crippen LogP contribution is -2.41. The summed E-state index contributed by atoms with van der Waals surface area (Å²) in [5.74, 6) is -0.170. The summed E-state index contributed by atoms with van der Waals surface area (Å²) < 4.78 is 19.9. The maximum absolute atomic E-state index is 13.8. The zero-order valence-corrected chi connectivity index (χ0v) is 12.8. The van der Waals surface area contributed by atoms with E-state index in [-0.39, 0.29) is 18.0 Å². The van der Waals surface area contributed by atoms with Gasteiger partial charge >= 0.3 is 0 Å². The molecule has 0 saturated carbocycles. The topological polar surface area (TPSA) is 21.3 Å². The predicted molar refractivity (Wildman–Crippen MR) is 76.4 cm³/mol. The molecule has 102 valence electrons. The lowest BCUT2D eigenvalue weighted by molar-refractivity contribution is 0.0828. The summed E-state index contributed by atoms with van der Waals surface area (Å²) in [5, 5.41) is 3.41. The normalized spacial score (nSPS) is 14.5. The Hall–Kier alpha value is -0.450. The first-order chi connectivity index (χ1) is 8.58. The molecule has 0 saturated heterocycles. The fourth-order valence-corrected chi connectivity index (χ4v) is 2.16. The molecule has 0 radical (unpaired) electrons. The average Bonchev–Trinajstić information content (AvgIpc) is 2.36. The van der Waals surface area contributed by atoms with Crippen LogP contribution < -0.4 is 5.32 Å². The molecule has 1 rings (SSSR count). The smallest absolute Gasteiger partial charge is 0.127 e. The van der Waals surface area contributed by atoms with Crippen LogP contribution in [0.25, 0.3) is 0 Å². The minimum absolute atomic E-state index is 0.0552. The number of hydrogen-bond acceptors (Lipinski definition) is 2. The van der Waals surface area contributed by atoms with Crippen molar-refractivity contribution in [1.29, 1.82) is 0 Å². The van der Waals surface area contributed by atoms with E-state index in [4.69, 9.17) is 4.74 Å². The number of halogens is 2. The fourth-order valence-electron chi connectivity index (χ4n) is 1.82. The molecule has 0 heterocycles. The number of ether oxygens (including phenoxy) is 1. The number of rotatable bonds is 7. The quantitative estimate of drug-likeness (QED) is 0.830. The van der Waals surface area contributed by atoms with Gasteiger partial charge in [-0.2, -0.15) is 0 Å². The summed E-state index contributed by atoms with van der Waals surface area (Å²) >= 11 is 3.27. The van der Waals surface area contributed by atoms with E-state index >= 15 is 0 Å². The minimum Gasteiger partial charge on any atom is -0.380 e. The zero-order valence-electron chi connectivity index (χ0n) is 11.2. The highest BCUT2D eigenvalue weighted by Crippen LogP contribution is 2.17. The van der Waals surface area contributed by atoms with Gasteiger partial charge in [-0.1, -0.05) is 28.9 Å². The van der Waals surface area contributed by atoms with Crippen LogP contribution in [0.4, 0.5) is 4.39 Å². The molecule has 0 aliphatic rings. The lowest BCUT2D eigenvalue weighted by atomic mass is 10.0. The first kappa shape index (κ1) is 15.6. The van der Waals surface area contributed by atoms with Crippen LogP contribution in [0.3, 0.4) is 0 Å². The van der Waals surface area contributed by atoms with Gasteiger partial charge < -0.3 is 10.1 Å². The van der Waals surface area contributed by atoms with E-state index < -0.39 is 0 Å². The molecule has 0 spiro atoms. The molecule has 2 unspecified atom stereocenters. The second-order valence-corrected chi connectivity index (χ2v) is 5.36. The van der Waals surface area contributed by atoms with Crippen molar-refractivity contribution in [2.75, 3.05) is 13.7 Å². The molecular formula is C14H21BrFNO. The van der Waals surface area contributed by atoms with Gasteiger partial charge in [0.25, 0.3) is 0 Å². The van der Waals surface area contributed by atoms with E-state index in [9.17, 15) is 4.39 Å². The Bertz CT molecular complexity index is 373. The van der Waals surface area contributed by atoms with Crippen molar-refractivity contribution < 1.29 is 9.13 Å². The molecule has 1 aromatic rings. The molecule has 2 nitrogen and oxygen atoms in total. The van der Waals surface area contributed by atoms with Gasteiger partial charge in [-0.05, 0) is 44.0 Å². The third kappa shape index (κ3) is 4.67. The van der Waals surface area contributed by atoms with E-state index in [0.717, 1.165) is 23.0 Å². The minimum atomic E-state index is -0.170. The second kappa shape index (κ2) is 7.87. The van der Waals surface area contributed by atoms with Gasteiger partial charge in [-0.3, -0.25) is 0 Å². The highest BCUT2D eigenvalue weighted by Gasteiger charge is 2.18. The van der Waals surface area contributed by atoms with E-state index in [1.54, 1.807) is 7.11 Å². The van der Waals surface area contributed by atoms with E-state index in [1.807, 2.05) is 19.1 Å². The molecule has 1 aromatic carbocycles. The van der Waals surface area contributed by atoms with Crippen LogP contribution in [0, 0.1) is 5.82 Å². The Kier molecular flexibility index (Phi) is 6.82. The van der Waals surface area contributed by atoms with Crippen molar-refractivity contribution in [2.45, 2.75) is 38.8 Å². The van der Waals surface area contributed by atoms with Crippen LogP contribution >= 0.6 is 15.9 Å². The van der Waals surface area contributed by atoms with Crippen LogP contribution in [-0.4, -0.2) is 25.8 Å². The van der Waals surface area contributed by atoms with Crippen molar-refractivity contribution in [3.8, 4) is 0 Å². The van der Waals surface area contributed by atoms with Crippen LogP contribution in [0.1, 0.15) is 25.8 Å². The summed E-state index contributed by atoms with van der Waals surface area (Å²) in [5.41, 5.74) is 0.718. The van der Waals surface area contributed by atoms with Gasteiger partial charge in [-0.25, -0.2) is 4.39 Å². The third-order valence-corrected chi connectivity index (χ3v) is 3.54. The largest absolute Gasteiger partial charge is 0.380 e. The van der Waals surface area contributed by atoms with Crippen LogP contribution in [0.5, 0.6) is 0 Å². The number of hydrogen-bond donors (Lipinski definition) is 1. The second-order valence-electron chi connectivity index (χ2n) is 4.44. The molecule has 0 fully saturated rings. The summed E-state index contributed by atoms with van der Waals surface area (Å²) in [4.78, 5) is 0. The third-order valence-electron chi connectivity index (χ3n) is 3.05. The summed E-state index contributed by atoms with van der Waals surface area (Å²) in [6.45, 7) is 5.03. The van der Waals surface area contributed by atoms with Gasteiger partial charge in [0.15, 0.2) is 0 Å². The highest BCUT2D eigenvalue weighted by atomic mass is 79.9. The van der Waals surface area contributed by atoms with Gasteiger partial charge in [0.1, 0.15) is 5.82 Å². The molecule has 18 heavy (non-hydrogen) atoms. The molecule has 2 atom stereocenters. The predicted octanol–water partition coefficient (Wildman–Crippen LogP) is 3.53. The molecular weight excluding hydrogens is 297 g/mol. The Morgan fingerprint density at radius 1 is 1.44 bits per heavy atom. The Balaban J connectivity index is 2.75. The van der Waals surface area contributed by atoms with E-state index in [1.165, 1.54) is 6.07 Å². The van der Waals surface area contributed by atoms with Crippen LogP contribution in [0.15, 0.2) is 22.7 Å². The molecule has 0 bridgehead atoms. The fraction of sp³-hybridized carbons (Fsp3) is 0.571. The highest BCUT2D eigenvalue weighted by molar-refractivity contribution is 9.10. The Morgan fingerprint density at radius 3 is 2.72 bits per heavy atom. The molecule has 0 aromatic heterocycles.